The standard InChI is InChI=1S/C8H18N2/c1-7(5-9)4-8-2-3-10-6-8/h7-8,10H,2-6,9H2,1H3/t7?,8-/m1/s1. The Morgan fingerprint density at radius 1 is 1.70 bits per heavy atom. The molecule has 10 heavy (non-hydrogen) atoms. The van der Waals surface area contributed by atoms with Gasteiger partial charge in [0, 0.05) is 0 Å². The number of hydrogen-bond acceptors (Lipinski definition) is 2. The van der Waals surface area contributed by atoms with Gasteiger partial charge in [-0.25, -0.2) is 0 Å². The highest BCUT2D eigenvalue weighted by Gasteiger charge is 2.16. The number of nitrogens with one attached hydrogen (secondary N) is 1. The molecule has 1 fully saturated rings. The molecule has 1 rings (SSSR count). The summed E-state index contributed by atoms with van der Waals surface area (Å²) in [4.78, 5) is 0. The first kappa shape index (κ1) is 8.02. The van der Waals surface area contributed by atoms with Crippen LogP contribution in [0.3, 0.4) is 0 Å². The maximum absolute atomic E-state index is 5.53. The molecule has 0 spiro atoms. The molecule has 1 saturated heterocycles. The molecule has 0 aromatic heterocycles. The lowest BCUT2D eigenvalue weighted by molar-refractivity contribution is 0.420. The minimum Gasteiger partial charge on any atom is -0.330 e. The van der Waals surface area contributed by atoms with Gasteiger partial charge in [-0.2, -0.15) is 0 Å². The summed E-state index contributed by atoms with van der Waals surface area (Å²) in [6, 6.07) is 0. The van der Waals surface area contributed by atoms with Gasteiger partial charge in [-0.1, -0.05) is 6.92 Å². The van der Waals surface area contributed by atoms with Gasteiger partial charge in [-0.15, -0.1) is 0 Å². The first-order valence-corrected chi connectivity index (χ1v) is 4.23. The molecule has 0 aromatic rings. The monoisotopic (exact) mass is 142 g/mol. The quantitative estimate of drug-likeness (QED) is 0.605. The fraction of sp³-hybridized carbons (Fsp3) is 1.00. The summed E-state index contributed by atoms with van der Waals surface area (Å²) < 4.78 is 0. The first-order chi connectivity index (χ1) is 4.83. The van der Waals surface area contributed by atoms with Crippen molar-refractivity contribution in [2.24, 2.45) is 17.6 Å². The third kappa shape index (κ3) is 2.27. The fourth-order valence-electron chi connectivity index (χ4n) is 1.58. The van der Waals surface area contributed by atoms with Crippen molar-refractivity contribution in [1.82, 2.24) is 5.32 Å². The second kappa shape index (κ2) is 3.94. The minimum atomic E-state index is 0.713. The lowest BCUT2D eigenvalue weighted by Crippen LogP contribution is -2.16. The average molecular weight is 142 g/mol. The van der Waals surface area contributed by atoms with E-state index in [1.165, 1.54) is 25.9 Å². The summed E-state index contributed by atoms with van der Waals surface area (Å²) >= 11 is 0. The molecular weight excluding hydrogens is 124 g/mol. The van der Waals surface area contributed by atoms with Gasteiger partial charge in [0.2, 0.25) is 0 Å². The topological polar surface area (TPSA) is 38.0 Å². The molecule has 2 nitrogen and oxygen atoms in total. The molecular formula is C8H18N2. The van der Waals surface area contributed by atoms with Crippen LogP contribution in [-0.4, -0.2) is 19.6 Å². The van der Waals surface area contributed by atoms with Crippen molar-refractivity contribution in [3.63, 3.8) is 0 Å². The highest BCUT2D eigenvalue weighted by Crippen LogP contribution is 2.16. The van der Waals surface area contributed by atoms with Crippen molar-refractivity contribution in [1.29, 1.82) is 0 Å². The Kier molecular flexibility index (Phi) is 3.16. The Morgan fingerprint density at radius 2 is 2.50 bits per heavy atom. The van der Waals surface area contributed by atoms with Crippen LogP contribution in [0.15, 0.2) is 0 Å². The maximum atomic E-state index is 5.53. The van der Waals surface area contributed by atoms with E-state index in [1.54, 1.807) is 0 Å². The Bertz CT molecular complexity index is 87.3. The number of nitrogens with two attached hydrogens (primary N) is 1. The minimum absolute atomic E-state index is 0.713. The lowest BCUT2D eigenvalue weighted by atomic mass is 9.95. The molecule has 0 aliphatic carbocycles. The Morgan fingerprint density at radius 3 is 3.00 bits per heavy atom. The molecule has 1 unspecified atom stereocenters. The van der Waals surface area contributed by atoms with Crippen LogP contribution in [0.1, 0.15) is 19.8 Å². The first-order valence-electron chi connectivity index (χ1n) is 4.23. The van der Waals surface area contributed by atoms with Gasteiger partial charge in [0.25, 0.3) is 0 Å². The van der Waals surface area contributed by atoms with Crippen LogP contribution < -0.4 is 11.1 Å². The molecule has 1 aliphatic heterocycles. The van der Waals surface area contributed by atoms with Crippen LogP contribution in [0.2, 0.25) is 0 Å². The molecule has 1 aliphatic rings. The van der Waals surface area contributed by atoms with Crippen LogP contribution in [0, 0.1) is 11.8 Å². The third-order valence-electron chi connectivity index (χ3n) is 2.30. The lowest BCUT2D eigenvalue weighted by Gasteiger charge is -2.12. The molecule has 2 heteroatoms. The van der Waals surface area contributed by atoms with Crippen LogP contribution in [0.25, 0.3) is 0 Å². The second-order valence-electron chi connectivity index (χ2n) is 3.44. The zero-order chi connectivity index (χ0) is 7.40. The maximum Gasteiger partial charge on any atom is -0.00199 e. The zero-order valence-corrected chi connectivity index (χ0v) is 6.77. The predicted octanol–water partition coefficient (Wildman–Crippen LogP) is 0.581. The molecule has 0 amide bonds. The molecule has 60 valence electrons. The average Bonchev–Trinajstić information content (AvgIpc) is 2.40. The Hall–Kier alpha value is -0.0800. The summed E-state index contributed by atoms with van der Waals surface area (Å²) in [6.45, 7) is 5.50. The van der Waals surface area contributed by atoms with Crippen LogP contribution in [-0.2, 0) is 0 Å². The highest BCUT2D eigenvalue weighted by atomic mass is 14.9. The van der Waals surface area contributed by atoms with Crippen molar-refractivity contribution in [3.05, 3.63) is 0 Å². The molecule has 0 aromatic carbocycles. The van der Waals surface area contributed by atoms with E-state index in [-0.39, 0.29) is 0 Å². The molecule has 3 N–H and O–H groups in total. The highest BCUT2D eigenvalue weighted by molar-refractivity contribution is 4.73. The van der Waals surface area contributed by atoms with E-state index in [0.717, 1.165) is 12.5 Å². The van der Waals surface area contributed by atoms with Crippen LogP contribution in [0.5, 0.6) is 0 Å². The Labute approximate surface area is 63.2 Å². The van der Waals surface area contributed by atoms with E-state index < -0.39 is 0 Å². The van der Waals surface area contributed by atoms with Crippen molar-refractivity contribution in [2.75, 3.05) is 19.6 Å². The smallest absolute Gasteiger partial charge is 0.00199 e. The molecule has 0 radical (unpaired) electrons. The SMILES string of the molecule is CC(CN)C[C@H]1CCNC1. The third-order valence-corrected chi connectivity index (χ3v) is 2.30. The van der Waals surface area contributed by atoms with Gasteiger partial charge in [-0.3, -0.25) is 0 Å². The normalized spacial score (nSPS) is 28.8. The summed E-state index contributed by atoms with van der Waals surface area (Å²) in [5, 5.41) is 3.36. The van der Waals surface area contributed by atoms with Crippen molar-refractivity contribution in [3.8, 4) is 0 Å². The van der Waals surface area contributed by atoms with Crippen molar-refractivity contribution >= 4 is 0 Å². The van der Waals surface area contributed by atoms with E-state index in [9.17, 15) is 0 Å². The largest absolute Gasteiger partial charge is 0.330 e. The van der Waals surface area contributed by atoms with Gasteiger partial charge in [-0.05, 0) is 44.3 Å². The van der Waals surface area contributed by atoms with E-state index in [1.807, 2.05) is 0 Å². The summed E-state index contributed by atoms with van der Waals surface area (Å²) in [5.41, 5.74) is 5.53. The summed E-state index contributed by atoms with van der Waals surface area (Å²) in [7, 11) is 0. The molecule has 0 saturated carbocycles. The molecule has 1 heterocycles. The van der Waals surface area contributed by atoms with E-state index in [0.29, 0.717) is 5.92 Å². The predicted molar refractivity (Wildman–Crippen MR) is 43.8 cm³/mol. The fourth-order valence-corrected chi connectivity index (χ4v) is 1.58. The number of hydrogen-bond donors (Lipinski definition) is 2. The Balaban J connectivity index is 2.11. The summed E-state index contributed by atoms with van der Waals surface area (Å²) in [6.07, 6.45) is 2.66. The zero-order valence-electron chi connectivity index (χ0n) is 6.77. The van der Waals surface area contributed by atoms with Crippen LogP contribution >= 0.6 is 0 Å². The van der Waals surface area contributed by atoms with Gasteiger partial charge in [0.1, 0.15) is 0 Å². The van der Waals surface area contributed by atoms with E-state index in [4.69, 9.17) is 5.73 Å². The van der Waals surface area contributed by atoms with Gasteiger partial charge < -0.3 is 11.1 Å². The van der Waals surface area contributed by atoms with E-state index >= 15 is 0 Å². The summed E-state index contributed by atoms with van der Waals surface area (Å²) in [5.74, 6) is 1.61. The van der Waals surface area contributed by atoms with E-state index in [2.05, 4.69) is 12.2 Å². The van der Waals surface area contributed by atoms with Gasteiger partial charge in [0.05, 0.1) is 0 Å². The van der Waals surface area contributed by atoms with Crippen molar-refractivity contribution in [2.45, 2.75) is 19.8 Å². The van der Waals surface area contributed by atoms with Gasteiger partial charge in [0.15, 0.2) is 0 Å². The van der Waals surface area contributed by atoms with Gasteiger partial charge >= 0.3 is 0 Å². The van der Waals surface area contributed by atoms with Crippen molar-refractivity contribution < 1.29 is 0 Å². The molecule has 2 atom stereocenters. The molecule has 0 bridgehead atoms. The number of rotatable bonds is 3. The second-order valence-corrected chi connectivity index (χ2v) is 3.44. The van der Waals surface area contributed by atoms with Crippen LogP contribution in [0.4, 0.5) is 0 Å².